The molecule has 3 N–H and O–H groups in total. The van der Waals surface area contributed by atoms with Gasteiger partial charge in [0.25, 0.3) is 5.91 Å². The number of carboxylic acids is 1. The number of aryl methyl sites for hydroxylation is 2. The quantitative estimate of drug-likeness (QED) is 0.526. The predicted octanol–water partition coefficient (Wildman–Crippen LogP) is 4.36. The van der Waals surface area contributed by atoms with Crippen molar-refractivity contribution in [3.05, 3.63) is 65.0 Å². The number of anilines is 1. The third kappa shape index (κ3) is 5.42. The van der Waals surface area contributed by atoms with E-state index >= 15 is 0 Å². The molecule has 164 valence electrons. The van der Waals surface area contributed by atoms with Crippen molar-refractivity contribution in [2.24, 2.45) is 0 Å². The van der Waals surface area contributed by atoms with Crippen molar-refractivity contribution in [2.45, 2.75) is 59.0 Å². The zero-order valence-electron chi connectivity index (χ0n) is 18.7. The molecule has 3 rings (SSSR count). The first-order valence-electron chi connectivity index (χ1n) is 10.5. The highest BCUT2D eigenvalue weighted by Gasteiger charge is 2.21. The van der Waals surface area contributed by atoms with E-state index in [2.05, 4.69) is 36.4 Å². The van der Waals surface area contributed by atoms with Crippen LogP contribution in [0.1, 0.15) is 67.3 Å². The second kappa shape index (κ2) is 8.79. The minimum atomic E-state index is -0.972. The van der Waals surface area contributed by atoms with Crippen LogP contribution in [0, 0.1) is 6.92 Å². The minimum absolute atomic E-state index is 0.131. The van der Waals surface area contributed by atoms with Crippen LogP contribution in [0.5, 0.6) is 0 Å². The third-order valence-corrected chi connectivity index (χ3v) is 4.95. The van der Waals surface area contributed by atoms with Gasteiger partial charge >= 0.3 is 5.97 Å². The molecule has 31 heavy (non-hydrogen) atoms. The summed E-state index contributed by atoms with van der Waals surface area (Å²) in [5.41, 5.74) is 3.73. The zero-order chi connectivity index (χ0) is 22.8. The van der Waals surface area contributed by atoms with Gasteiger partial charge in [0, 0.05) is 17.3 Å². The Morgan fingerprint density at radius 2 is 1.84 bits per heavy atom. The van der Waals surface area contributed by atoms with E-state index in [0.29, 0.717) is 11.2 Å². The van der Waals surface area contributed by atoms with Crippen molar-refractivity contribution >= 4 is 23.3 Å². The molecule has 0 aliphatic carbocycles. The number of carboxylic acid groups (broad SMARTS) is 1. The molecule has 1 aromatic carbocycles. The maximum atomic E-state index is 13.0. The Kier molecular flexibility index (Phi) is 6.34. The average Bonchev–Trinajstić information content (AvgIpc) is 3.03. The number of pyridine rings is 1. The summed E-state index contributed by atoms with van der Waals surface area (Å²) in [5.74, 6) is -0.388. The van der Waals surface area contributed by atoms with Crippen LogP contribution in [-0.4, -0.2) is 31.9 Å². The Morgan fingerprint density at radius 3 is 2.42 bits per heavy atom. The average molecular weight is 423 g/mol. The Hall–Kier alpha value is -3.35. The van der Waals surface area contributed by atoms with Crippen molar-refractivity contribution in [1.82, 2.24) is 14.7 Å². The van der Waals surface area contributed by atoms with Crippen LogP contribution in [0.2, 0.25) is 0 Å². The van der Waals surface area contributed by atoms with Crippen LogP contribution < -0.4 is 10.6 Å². The third-order valence-electron chi connectivity index (χ3n) is 4.95. The van der Waals surface area contributed by atoms with Crippen LogP contribution in [0.3, 0.4) is 0 Å². The van der Waals surface area contributed by atoms with Gasteiger partial charge in [0.2, 0.25) is 0 Å². The molecule has 1 atom stereocenters. The van der Waals surface area contributed by atoms with E-state index in [1.54, 1.807) is 12.1 Å². The number of aromatic nitrogens is 2. The van der Waals surface area contributed by atoms with Gasteiger partial charge in [-0.25, -0.2) is 4.98 Å². The number of nitrogens with zero attached hydrogens (tertiary/aromatic N) is 2. The second-order valence-corrected chi connectivity index (χ2v) is 8.81. The molecule has 2 heterocycles. The molecule has 1 amide bonds. The van der Waals surface area contributed by atoms with E-state index in [1.165, 1.54) is 0 Å². The first-order valence-corrected chi connectivity index (χ1v) is 10.5. The van der Waals surface area contributed by atoms with Gasteiger partial charge in [0.1, 0.15) is 11.5 Å². The lowest BCUT2D eigenvalue weighted by Crippen LogP contribution is -2.30. The minimum Gasteiger partial charge on any atom is -0.481 e. The van der Waals surface area contributed by atoms with Crippen molar-refractivity contribution in [2.75, 3.05) is 5.32 Å². The van der Waals surface area contributed by atoms with Crippen molar-refractivity contribution in [3.8, 4) is 0 Å². The van der Waals surface area contributed by atoms with E-state index in [9.17, 15) is 14.7 Å². The number of carbonyl (C=O) groups is 2. The highest BCUT2D eigenvalue weighted by atomic mass is 16.4. The largest absolute Gasteiger partial charge is 0.481 e. The molecule has 0 saturated carbocycles. The number of carbonyl (C=O) groups excluding carboxylic acids is 1. The van der Waals surface area contributed by atoms with Crippen molar-refractivity contribution in [3.63, 3.8) is 0 Å². The summed E-state index contributed by atoms with van der Waals surface area (Å²) in [7, 11) is 0. The zero-order valence-corrected chi connectivity index (χ0v) is 18.7. The number of nitrogens with one attached hydrogen (secondary N) is 2. The molecule has 0 aliphatic rings. The molecule has 0 spiro atoms. The number of benzene rings is 1. The summed E-state index contributed by atoms with van der Waals surface area (Å²) in [6.45, 7) is 10.3. The monoisotopic (exact) mass is 422 g/mol. The number of rotatable bonds is 7. The first-order chi connectivity index (χ1) is 14.6. The van der Waals surface area contributed by atoms with Crippen molar-refractivity contribution < 1.29 is 14.7 Å². The number of hydrogen-bond acceptors (Lipinski definition) is 4. The molecule has 3 aromatic rings. The molecular weight excluding hydrogens is 392 g/mol. The fraction of sp³-hybridized carbons (Fsp3) is 0.375. The fourth-order valence-electron chi connectivity index (χ4n) is 3.44. The van der Waals surface area contributed by atoms with E-state index < -0.39 is 12.0 Å². The van der Waals surface area contributed by atoms with E-state index in [1.807, 2.05) is 48.7 Å². The van der Waals surface area contributed by atoms with Crippen LogP contribution in [0.25, 0.3) is 5.65 Å². The molecule has 7 heteroatoms. The van der Waals surface area contributed by atoms with Crippen LogP contribution in [-0.2, 0) is 11.2 Å². The van der Waals surface area contributed by atoms with Crippen LogP contribution in [0.15, 0.2) is 42.6 Å². The summed E-state index contributed by atoms with van der Waals surface area (Å²) in [6.07, 6.45) is 2.39. The van der Waals surface area contributed by atoms with Gasteiger partial charge < -0.3 is 15.7 Å². The van der Waals surface area contributed by atoms with Gasteiger partial charge in [0.15, 0.2) is 0 Å². The molecule has 2 aromatic heterocycles. The molecule has 7 nitrogen and oxygen atoms in total. The maximum absolute atomic E-state index is 13.0. The molecule has 0 bridgehead atoms. The Morgan fingerprint density at radius 1 is 1.16 bits per heavy atom. The lowest BCUT2D eigenvalue weighted by molar-refractivity contribution is -0.137. The summed E-state index contributed by atoms with van der Waals surface area (Å²) in [5, 5.41) is 15.7. The molecule has 1 unspecified atom stereocenters. The Balaban J connectivity index is 1.90. The normalized spacial score (nSPS) is 12.5. The van der Waals surface area contributed by atoms with E-state index in [0.717, 1.165) is 29.1 Å². The Bertz CT molecular complexity index is 1090. The molecule has 0 radical (unpaired) electrons. The van der Waals surface area contributed by atoms with Gasteiger partial charge in [-0.15, -0.1) is 0 Å². The molecule has 0 saturated heterocycles. The van der Waals surface area contributed by atoms with Gasteiger partial charge in [0.05, 0.1) is 18.2 Å². The lowest BCUT2D eigenvalue weighted by Gasteiger charge is -2.22. The van der Waals surface area contributed by atoms with E-state index in [4.69, 9.17) is 0 Å². The molecular formula is C24H30N4O3. The number of hydrogen-bond donors (Lipinski definition) is 3. The van der Waals surface area contributed by atoms with Gasteiger partial charge in [-0.3, -0.25) is 14.0 Å². The second-order valence-electron chi connectivity index (χ2n) is 8.81. The summed E-state index contributed by atoms with van der Waals surface area (Å²) in [4.78, 5) is 29.0. The van der Waals surface area contributed by atoms with Crippen molar-refractivity contribution in [1.29, 1.82) is 0 Å². The Labute approximate surface area is 182 Å². The predicted molar refractivity (Wildman–Crippen MR) is 122 cm³/mol. The van der Waals surface area contributed by atoms with Crippen LogP contribution >= 0.6 is 0 Å². The number of imidazole rings is 1. The van der Waals surface area contributed by atoms with Gasteiger partial charge in [-0.05, 0) is 51.8 Å². The summed E-state index contributed by atoms with van der Waals surface area (Å²) in [6, 6.07) is 10.3. The van der Waals surface area contributed by atoms with Gasteiger partial charge in [-0.1, -0.05) is 36.8 Å². The molecule has 0 aliphatic heterocycles. The number of aliphatic carboxylic acids is 1. The highest BCUT2D eigenvalue weighted by molar-refractivity contribution is 5.95. The van der Waals surface area contributed by atoms with Crippen LogP contribution in [0.4, 0.5) is 5.82 Å². The maximum Gasteiger partial charge on any atom is 0.305 e. The summed E-state index contributed by atoms with van der Waals surface area (Å²) >= 11 is 0. The standard InChI is InChI=1S/C24H30N4O3/c1-6-18-22(27-24(3,4)5)28-12-11-17(13-20(28)25-18)23(31)26-19(14-21(29)30)16-9-7-15(2)8-10-16/h7-13,19,27H,6,14H2,1-5H3,(H,26,31)(H,29,30). The van der Waals surface area contributed by atoms with E-state index in [-0.39, 0.29) is 17.9 Å². The smallest absolute Gasteiger partial charge is 0.305 e. The highest BCUT2D eigenvalue weighted by Crippen LogP contribution is 2.24. The topological polar surface area (TPSA) is 95.7 Å². The first kappa shape index (κ1) is 22.3. The fourth-order valence-corrected chi connectivity index (χ4v) is 3.44. The number of fused-ring (bicyclic) bond motifs is 1. The summed E-state index contributed by atoms with van der Waals surface area (Å²) < 4.78 is 1.94. The van der Waals surface area contributed by atoms with Gasteiger partial charge in [-0.2, -0.15) is 0 Å². The molecule has 0 fully saturated rings. The SMILES string of the molecule is CCc1nc2cc(C(=O)NC(CC(=O)O)c3ccc(C)cc3)ccn2c1NC(C)(C)C. The number of amides is 1. The lowest BCUT2D eigenvalue weighted by atomic mass is 10.0.